The number of benzene rings is 1. The van der Waals surface area contributed by atoms with Gasteiger partial charge in [-0.15, -0.1) is 0 Å². The van der Waals surface area contributed by atoms with Crippen LogP contribution in [0.1, 0.15) is 32.1 Å². The summed E-state index contributed by atoms with van der Waals surface area (Å²) < 4.78 is 0.890. The van der Waals surface area contributed by atoms with Gasteiger partial charge >= 0.3 is 0 Å². The van der Waals surface area contributed by atoms with E-state index in [2.05, 4.69) is 26.6 Å². The standard InChI is InChI=1S/C14H17BrN2O2/c15-10-4-3-7-12(8-10)17-14(19)9-13(18)16-11-5-1-2-6-11/h3-4,7-8,11H,1-2,5-6,9H2,(H,16,18)(H,17,19). The first-order valence-corrected chi connectivity index (χ1v) is 7.27. The highest BCUT2D eigenvalue weighted by molar-refractivity contribution is 9.10. The van der Waals surface area contributed by atoms with E-state index in [1.165, 1.54) is 0 Å². The lowest BCUT2D eigenvalue weighted by Crippen LogP contribution is -2.34. The van der Waals surface area contributed by atoms with E-state index in [9.17, 15) is 9.59 Å². The van der Waals surface area contributed by atoms with Gasteiger partial charge in [0, 0.05) is 16.2 Å². The first kappa shape index (κ1) is 14.1. The van der Waals surface area contributed by atoms with E-state index in [-0.39, 0.29) is 24.3 Å². The normalized spacial score (nSPS) is 15.2. The molecule has 5 heteroatoms. The van der Waals surface area contributed by atoms with Crippen LogP contribution in [0.25, 0.3) is 0 Å². The highest BCUT2D eigenvalue weighted by Gasteiger charge is 2.18. The van der Waals surface area contributed by atoms with Crippen molar-refractivity contribution in [3.05, 3.63) is 28.7 Å². The second-order valence-electron chi connectivity index (χ2n) is 4.78. The van der Waals surface area contributed by atoms with Gasteiger partial charge in [0.15, 0.2) is 0 Å². The number of carbonyl (C=O) groups excluding carboxylic acids is 2. The van der Waals surface area contributed by atoms with Crippen LogP contribution < -0.4 is 10.6 Å². The molecule has 0 unspecified atom stereocenters. The molecular formula is C14H17BrN2O2. The first-order valence-electron chi connectivity index (χ1n) is 6.48. The lowest BCUT2D eigenvalue weighted by molar-refractivity contribution is -0.127. The quantitative estimate of drug-likeness (QED) is 0.837. The molecule has 0 bridgehead atoms. The second kappa shape index (κ2) is 6.70. The summed E-state index contributed by atoms with van der Waals surface area (Å²) in [7, 11) is 0. The van der Waals surface area contributed by atoms with Crippen LogP contribution in [0.3, 0.4) is 0 Å². The summed E-state index contributed by atoms with van der Waals surface area (Å²) in [5.41, 5.74) is 0.688. The topological polar surface area (TPSA) is 58.2 Å². The van der Waals surface area contributed by atoms with Gasteiger partial charge in [-0.05, 0) is 31.0 Å². The largest absolute Gasteiger partial charge is 0.353 e. The maximum atomic E-state index is 11.7. The number of rotatable bonds is 4. The van der Waals surface area contributed by atoms with Crippen molar-refractivity contribution < 1.29 is 9.59 Å². The van der Waals surface area contributed by atoms with Crippen LogP contribution >= 0.6 is 15.9 Å². The summed E-state index contributed by atoms with van der Waals surface area (Å²) in [6, 6.07) is 7.55. The molecule has 0 spiro atoms. The van der Waals surface area contributed by atoms with Crippen molar-refractivity contribution in [1.82, 2.24) is 5.32 Å². The van der Waals surface area contributed by atoms with Crippen molar-refractivity contribution >= 4 is 33.4 Å². The van der Waals surface area contributed by atoms with Crippen LogP contribution in [0.15, 0.2) is 28.7 Å². The third-order valence-electron chi connectivity index (χ3n) is 3.15. The fraction of sp³-hybridized carbons (Fsp3) is 0.429. The van der Waals surface area contributed by atoms with Gasteiger partial charge in [-0.3, -0.25) is 9.59 Å². The molecule has 2 amide bonds. The van der Waals surface area contributed by atoms with E-state index in [0.29, 0.717) is 5.69 Å². The molecule has 0 aromatic heterocycles. The molecule has 0 aliphatic heterocycles. The van der Waals surface area contributed by atoms with E-state index in [1.807, 2.05) is 12.1 Å². The lowest BCUT2D eigenvalue weighted by atomic mass is 10.2. The summed E-state index contributed by atoms with van der Waals surface area (Å²) in [6.07, 6.45) is 4.26. The molecule has 2 N–H and O–H groups in total. The highest BCUT2D eigenvalue weighted by Crippen LogP contribution is 2.18. The fourth-order valence-electron chi connectivity index (χ4n) is 2.27. The van der Waals surface area contributed by atoms with Crippen molar-refractivity contribution in [2.75, 3.05) is 5.32 Å². The Labute approximate surface area is 121 Å². The zero-order valence-electron chi connectivity index (χ0n) is 10.6. The lowest BCUT2D eigenvalue weighted by Gasteiger charge is -2.11. The molecule has 0 saturated heterocycles. The molecule has 1 aromatic carbocycles. The maximum absolute atomic E-state index is 11.7. The number of hydrogen-bond acceptors (Lipinski definition) is 2. The van der Waals surface area contributed by atoms with Gasteiger partial charge in [0.1, 0.15) is 6.42 Å². The molecule has 1 fully saturated rings. The third kappa shape index (κ3) is 4.67. The van der Waals surface area contributed by atoms with Crippen molar-refractivity contribution in [2.45, 2.75) is 38.1 Å². The van der Waals surface area contributed by atoms with Crippen molar-refractivity contribution in [3.8, 4) is 0 Å². The van der Waals surface area contributed by atoms with E-state index in [0.717, 1.165) is 30.2 Å². The van der Waals surface area contributed by atoms with Gasteiger partial charge in [-0.25, -0.2) is 0 Å². The molecule has 102 valence electrons. The monoisotopic (exact) mass is 324 g/mol. The van der Waals surface area contributed by atoms with Crippen LogP contribution in [0.2, 0.25) is 0 Å². The molecule has 0 radical (unpaired) electrons. The van der Waals surface area contributed by atoms with E-state index in [1.54, 1.807) is 12.1 Å². The molecule has 2 rings (SSSR count). The Morgan fingerprint density at radius 1 is 1.21 bits per heavy atom. The summed E-state index contributed by atoms with van der Waals surface area (Å²) >= 11 is 3.33. The Morgan fingerprint density at radius 2 is 1.95 bits per heavy atom. The van der Waals surface area contributed by atoms with E-state index in [4.69, 9.17) is 0 Å². The smallest absolute Gasteiger partial charge is 0.233 e. The molecule has 1 aromatic rings. The van der Waals surface area contributed by atoms with Gasteiger partial charge in [0.05, 0.1) is 0 Å². The van der Waals surface area contributed by atoms with E-state index >= 15 is 0 Å². The third-order valence-corrected chi connectivity index (χ3v) is 3.64. The minimum Gasteiger partial charge on any atom is -0.353 e. The van der Waals surface area contributed by atoms with Gasteiger partial charge in [-0.1, -0.05) is 34.8 Å². The number of halogens is 1. The zero-order valence-corrected chi connectivity index (χ0v) is 12.2. The number of nitrogens with one attached hydrogen (secondary N) is 2. The summed E-state index contributed by atoms with van der Waals surface area (Å²) in [6.45, 7) is 0. The summed E-state index contributed by atoms with van der Waals surface area (Å²) in [5.74, 6) is -0.479. The second-order valence-corrected chi connectivity index (χ2v) is 5.70. The SMILES string of the molecule is O=C(CC(=O)NC1CCCC1)Nc1cccc(Br)c1. The highest BCUT2D eigenvalue weighted by atomic mass is 79.9. The molecular weight excluding hydrogens is 308 g/mol. The number of carbonyl (C=O) groups is 2. The van der Waals surface area contributed by atoms with Crippen LogP contribution in [0.5, 0.6) is 0 Å². The van der Waals surface area contributed by atoms with Crippen LogP contribution in [0.4, 0.5) is 5.69 Å². The first-order chi connectivity index (χ1) is 9.13. The average Bonchev–Trinajstić information content (AvgIpc) is 2.81. The Kier molecular flexibility index (Phi) is 4.96. The Balaban J connectivity index is 1.78. The molecule has 0 heterocycles. The predicted octanol–water partition coefficient (Wildman–Crippen LogP) is 2.84. The fourth-order valence-corrected chi connectivity index (χ4v) is 2.67. The van der Waals surface area contributed by atoms with Crippen molar-refractivity contribution in [3.63, 3.8) is 0 Å². The summed E-state index contributed by atoms with van der Waals surface area (Å²) in [4.78, 5) is 23.4. The number of anilines is 1. The molecule has 0 atom stereocenters. The van der Waals surface area contributed by atoms with Gasteiger partial charge in [-0.2, -0.15) is 0 Å². The average molecular weight is 325 g/mol. The van der Waals surface area contributed by atoms with Crippen LogP contribution in [0, 0.1) is 0 Å². The maximum Gasteiger partial charge on any atom is 0.233 e. The minimum atomic E-state index is -0.284. The van der Waals surface area contributed by atoms with Crippen molar-refractivity contribution in [2.24, 2.45) is 0 Å². The van der Waals surface area contributed by atoms with E-state index < -0.39 is 0 Å². The minimum absolute atomic E-state index is 0.122. The Hall–Kier alpha value is -1.36. The molecule has 4 nitrogen and oxygen atoms in total. The molecule has 19 heavy (non-hydrogen) atoms. The number of amides is 2. The predicted molar refractivity (Wildman–Crippen MR) is 77.8 cm³/mol. The zero-order chi connectivity index (χ0) is 13.7. The molecule has 1 aliphatic rings. The van der Waals surface area contributed by atoms with Crippen LogP contribution in [-0.2, 0) is 9.59 Å². The van der Waals surface area contributed by atoms with Gasteiger partial charge < -0.3 is 10.6 Å². The van der Waals surface area contributed by atoms with Gasteiger partial charge in [0.2, 0.25) is 11.8 Å². The van der Waals surface area contributed by atoms with Crippen LogP contribution in [-0.4, -0.2) is 17.9 Å². The summed E-state index contributed by atoms with van der Waals surface area (Å²) in [5, 5.41) is 5.61. The van der Waals surface area contributed by atoms with Crippen molar-refractivity contribution in [1.29, 1.82) is 0 Å². The molecule has 1 saturated carbocycles. The van der Waals surface area contributed by atoms with Gasteiger partial charge in [0.25, 0.3) is 0 Å². The molecule has 1 aliphatic carbocycles. The number of hydrogen-bond donors (Lipinski definition) is 2. The Bertz CT molecular complexity index is 470. The Morgan fingerprint density at radius 3 is 2.63 bits per heavy atom.